The highest BCUT2D eigenvalue weighted by molar-refractivity contribution is 6.06. The van der Waals surface area contributed by atoms with Crippen molar-refractivity contribution in [2.45, 2.75) is 6.42 Å². The average Bonchev–Trinajstić information content (AvgIpc) is 2.41. The van der Waals surface area contributed by atoms with Crippen LogP contribution in [0.2, 0.25) is 0 Å². The van der Waals surface area contributed by atoms with E-state index in [1.165, 1.54) is 11.1 Å². The van der Waals surface area contributed by atoms with Gasteiger partial charge in [0.2, 0.25) is 0 Å². The Morgan fingerprint density at radius 3 is 2.33 bits per heavy atom. The molecule has 0 spiro atoms. The molecule has 1 aliphatic carbocycles. The molecule has 3 rings (SSSR count). The van der Waals surface area contributed by atoms with E-state index in [1.54, 1.807) is 0 Å². The van der Waals surface area contributed by atoms with Crippen molar-refractivity contribution in [3.05, 3.63) is 70.8 Å². The van der Waals surface area contributed by atoms with Crippen molar-refractivity contribution in [3.63, 3.8) is 0 Å². The maximum atomic E-state index is 9.24. The maximum absolute atomic E-state index is 9.24. The molecule has 0 saturated carbocycles. The average molecular weight is 235 g/mol. The molecule has 88 valence electrons. The molecule has 0 unspecified atom stereocenters. The SMILES string of the molecule is ON=C1Cc2ccccc2/C=C\c2ccccc21. The van der Waals surface area contributed by atoms with Gasteiger partial charge >= 0.3 is 0 Å². The molecule has 0 aliphatic heterocycles. The number of hydrogen-bond acceptors (Lipinski definition) is 2. The van der Waals surface area contributed by atoms with Crippen LogP contribution in [0.3, 0.4) is 0 Å². The zero-order chi connectivity index (χ0) is 12.4. The van der Waals surface area contributed by atoms with E-state index in [0.29, 0.717) is 12.1 Å². The van der Waals surface area contributed by atoms with Gasteiger partial charge in [0, 0.05) is 12.0 Å². The summed E-state index contributed by atoms with van der Waals surface area (Å²) in [5.41, 5.74) is 5.14. The van der Waals surface area contributed by atoms with Crippen molar-refractivity contribution in [1.82, 2.24) is 0 Å². The Balaban J connectivity index is 2.22. The Bertz CT molecular complexity index is 641. The van der Waals surface area contributed by atoms with Gasteiger partial charge in [-0.1, -0.05) is 65.8 Å². The van der Waals surface area contributed by atoms with Gasteiger partial charge in [0.25, 0.3) is 0 Å². The maximum Gasteiger partial charge on any atom is 0.0917 e. The fourth-order valence-electron chi connectivity index (χ4n) is 2.31. The molecule has 0 fully saturated rings. The van der Waals surface area contributed by atoms with E-state index in [4.69, 9.17) is 0 Å². The lowest BCUT2D eigenvalue weighted by Gasteiger charge is -2.13. The first-order valence-electron chi connectivity index (χ1n) is 5.95. The van der Waals surface area contributed by atoms with Crippen LogP contribution in [0.4, 0.5) is 0 Å². The smallest absolute Gasteiger partial charge is 0.0917 e. The molecule has 0 radical (unpaired) electrons. The third-order valence-electron chi connectivity index (χ3n) is 3.25. The lowest BCUT2D eigenvalue weighted by molar-refractivity contribution is 0.318. The van der Waals surface area contributed by atoms with Crippen LogP contribution in [0.25, 0.3) is 12.2 Å². The van der Waals surface area contributed by atoms with Crippen molar-refractivity contribution in [3.8, 4) is 0 Å². The Labute approximate surface area is 106 Å². The second kappa shape index (κ2) is 4.49. The molecule has 1 N–H and O–H groups in total. The van der Waals surface area contributed by atoms with Crippen LogP contribution in [-0.4, -0.2) is 10.9 Å². The Morgan fingerprint density at radius 1 is 0.833 bits per heavy atom. The van der Waals surface area contributed by atoms with Crippen LogP contribution in [0.15, 0.2) is 53.7 Å². The van der Waals surface area contributed by atoms with Crippen molar-refractivity contribution in [1.29, 1.82) is 0 Å². The van der Waals surface area contributed by atoms with Gasteiger partial charge in [0.05, 0.1) is 5.71 Å². The number of rotatable bonds is 0. The van der Waals surface area contributed by atoms with E-state index in [-0.39, 0.29) is 0 Å². The van der Waals surface area contributed by atoms with Gasteiger partial charge < -0.3 is 5.21 Å². The summed E-state index contributed by atoms with van der Waals surface area (Å²) in [7, 11) is 0. The summed E-state index contributed by atoms with van der Waals surface area (Å²) in [6.45, 7) is 0. The molecule has 0 heterocycles. The van der Waals surface area contributed by atoms with Gasteiger partial charge in [-0.05, 0) is 16.7 Å². The Kier molecular flexibility index (Phi) is 2.69. The fourth-order valence-corrected chi connectivity index (χ4v) is 2.31. The van der Waals surface area contributed by atoms with Crippen LogP contribution >= 0.6 is 0 Å². The quantitative estimate of drug-likeness (QED) is 0.549. The first-order chi connectivity index (χ1) is 8.88. The fraction of sp³-hybridized carbons (Fsp3) is 0.0625. The summed E-state index contributed by atoms with van der Waals surface area (Å²) in [4.78, 5) is 0. The molecule has 2 heteroatoms. The second-order valence-electron chi connectivity index (χ2n) is 4.34. The lowest BCUT2D eigenvalue weighted by atomic mass is 9.92. The Hall–Kier alpha value is -2.35. The van der Waals surface area contributed by atoms with Crippen molar-refractivity contribution in [2.24, 2.45) is 5.16 Å². The first-order valence-corrected chi connectivity index (χ1v) is 5.95. The highest BCUT2D eigenvalue weighted by Gasteiger charge is 2.13. The molecule has 0 aromatic heterocycles. The predicted molar refractivity (Wildman–Crippen MR) is 73.8 cm³/mol. The standard InChI is InChI=1S/C16H13NO/c18-17-16-11-14-7-2-1-5-12(14)9-10-13-6-3-4-8-15(13)16/h1-10,18H,11H2/b10-9-,17-16?. The minimum absolute atomic E-state index is 0.647. The van der Waals surface area contributed by atoms with Crippen LogP contribution in [0, 0.1) is 0 Å². The highest BCUT2D eigenvalue weighted by Crippen LogP contribution is 2.22. The molecule has 0 amide bonds. The normalized spacial score (nSPS) is 17.4. The van der Waals surface area contributed by atoms with Gasteiger partial charge in [0.15, 0.2) is 0 Å². The molecule has 18 heavy (non-hydrogen) atoms. The Morgan fingerprint density at radius 2 is 1.50 bits per heavy atom. The van der Waals surface area contributed by atoms with Gasteiger partial charge in [-0.15, -0.1) is 0 Å². The topological polar surface area (TPSA) is 32.6 Å². The number of nitrogens with zero attached hydrogens (tertiary/aromatic N) is 1. The monoisotopic (exact) mass is 235 g/mol. The number of hydrogen-bond donors (Lipinski definition) is 1. The van der Waals surface area contributed by atoms with Gasteiger partial charge in [-0.3, -0.25) is 0 Å². The van der Waals surface area contributed by atoms with E-state index in [9.17, 15) is 5.21 Å². The summed E-state index contributed by atoms with van der Waals surface area (Å²) >= 11 is 0. The number of benzene rings is 2. The summed E-state index contributed by atoms with van der Waals surface area (Å²) in [6, 6.07) is 16.2. The molecule has 2 nitrogen and oxygen atoms in total. The van der Waals surface area contributed by atoms with E-state index in [1.807, 2.05) is 36.4 Å². The lowest BCUT2D eigenvalue weighted by Crippen LogP contribution is -2.09. The van der Waals surface area contributed by atoms with Gasteiger partial charge in [-0.2, -0.15) is 0 Å². The first kappa shape index (κ1) is 10.8. The summed E-state index contributed by atoms with van der Waals surface area (Å²) in [6.07, 6.45) is 4.83. The number of fused-ring (bicyclic) bond motifs is 2. The minimum Gasteiger partial charge on any atom is -0.411 e. The van der Waals surface area contributed by atoms with Gasteiger partial charge in [-0.25, -0.2) is 0 Å². The summed E-state index contributed by atoms with van der Waals surface area (Å²) in [5, 5.41) is 12.7. The second-order valence-corrected chi connectivity index (χ2v) is 4.34. The zero-order valence-electron chi connectivity index (χ0n) is 9.88. The molecule has 0 saturated heterocycles. The third kappa shape index (κ3) is 1.82. The largest absolute Gasteiger partial charge is 0.411 e. The van der Waals surface area contributed by atoms with E-state index in [0.717, 1.165) is 11.1 Å². The number of oxime groups is 1. The predicted octanol–water partition coefficient (Wildman–Crippen LogP) is 3.59. The zero-order valence-corrected chi connectivity index (χ0v) is 9.88. The van der Waals surface area contributed by atoms with E-state index >= 15 is 0 Å². The molecule has 2 aromatic carbocycles. The van der Waals surface area contributed by atoms with E-state index in [2.05, 4.69) is 29.4 Å². The van der Waals surface area contributed by atoms with Crippen LogP contribution < -0.4 is 0 Å². The molecule has 0 atom stereocenters. The third-order valence-corrected chi connectivity index (χ3v) is 3.25. The molecular formula is C16H13NO. The molecule has 2 aromatic rings. The van der Waals surface area contributed by atoms with Crippen LogP contribution in [0.1, 0.15) is 22.3 Å². The van der Waals surface area contributed by atoms with Crippen molar-refractivity contribution < 1.29 is 5.21 Å². The molecule has 1 aliphatic rings. The van der Waals surface area contributed by atoms with Gasteiger partial charge in [0.1, 0.15) is 0 Å². The summed E-state index contributed by atoms with van der Waals surface area (Å²) in [5.74, 6) is 0. The molecule has 0 bridgehead atoms. The van der Waals surface area contributed by atoms with Crippen LogP contribution in [-0.2, 0) is 6.42 Å². The van der Waals surface area contributed by atoms with E-state index < -0.39 is 0 Å². The van der Waals surface area contributed by atoms with Crippen molar-refractivity contribution in [2.75, 3.05) is 0 Å². The summed E-state index contributed by atoms with van der Waals surface area (Å²) < 4.78 is 0. The van der Waals surface area contributed by atoms with Crippen molar-refractivity contribution >= 4 is 17.9 Å². The minimum atomic E-state index is 0.647. The molecular weight excluding hydrogens is 222 g/mol. The highest BCUT2D eigenvalue weighted by atomic mass is 16.4. The van der Waals surface area contributed by atoms with Crippen LogP contribution in [0.5, 0.6) is 0 Å².